The Morgan fingerprint density at radius 3 is 2.44 bits per heavy atom. The van der Waals surface area contributed by atoms with Crippen LogP contribution in [-0.2, 0) is 9.53 Å². The minimum atomic E-state index is -0.860. The van der Waals surface area contributed by atoms with E-state index in [-0.39, 0.29) is 18.1 Å². The molecule has 0 saturated heterocycles. The molecule has 0 aliphatic heterocycles. The van der Waals surface area contributed by atoms with Gasteiger partial charge in [-0.3, -0.25) is 9.80 Å². The third kappa shape index (κ3) is 10.7. The maximum atomic E-state index is 11.7. The third-order valence-electron chi connectivity index (χ3n) is 5.29. The molecule has 0 fully saturated rings. The minimum absolute atomic E-state index is 0.0461. The molecular formula is C28H37N7O6. The molecule has 0 bridgehead atoms. The number of hydrogen-bond donors (Lipinski definition) is 5. The van der Waals surface area contributed by atoms with Gasteiger partial charge in [0.1, 0.15) is 17.1 Å². The monoisotopic (exact) mass is 567 g/mol. The molecule has 1 heterocycles. The fourth-order valence-corrected chi connectivity index (χ4v) is 3.43. The number of aromatic nitrogens is 2. The summed E-state index contributed by atoms with van der Waals surface area (Å²) in [6.07, 6.45) is 2.06. The molecule has 1 aromatic heterocycles. The largest absolute Gasteiger partial charge is 0.494 e. The maximum absolute atomic E-state index is 11.7. The van der Waals surface area contributed by atoms with Gasteiger partial charge in [0.25, 0.3) is 0 Å². The first kappa shape index (κ1) is 30.8. The summed E-state index contributed by atoms with van der Waals surface area (Å²) >= 11 is 0. The predicted octanol–water partition coefficient (Wildman–Crippen LogP) is 4.35. The number of carboxylic acids is 1. The van der Waals surface area contributed by atoms with Gasteiger partial charge in [0, 0.05) is 24.7 Å². The fraction of sp³-hybridized carbons (Fsp3) is 0.357. The number of nitrogens with zero attached hydrogens (tertiary/aromatic N) is 3. The summed E-state index contributed by atoms with van der Waals surface area (Å²) in [5.41, 5.74) is 7.15. The van der Waals surface area contributed by atoms with E-state index < -0.39 is 17.7 Å². The highest BCUT2D eigenvalue weighted by Crippen LogP contribution is 2.28. The molecule has 220 valence electrons. The highest BCUT2D eigenvalue weighted by Gasteiger charge is 2.16. The number of hydrazine groups is 1. The fourth-order valence-electron chi connectivity index (χ4n) is 3.43. The lowest BCUT2D eigenvalue weighted by atomic mass is 10.2. The molecule has 0 saturated carbocycles. The quantitative estimate of drug-likeness (QED) is 0.105. The van der Waals surface area contributed by atoms with Crippen molar-refractivity contribution in [3.05, 3.63) is 54.7 Å². The number of rotatable bonds is 14. The Labute approximate surface area is 238 Å². The number of carboxylic acid groups (broad SMARTS) is 1. The predicted molar refractivity (Wildman–Crippen MR) is 156 cm³/mol. The molecule has 0 aliphatic rings. The zero-order valence-corrected chi connectivity index (χ0v) is 23.4. The molecule has 2 aromatic carbocycles. The van der Waals surface area contributed by atoms with E-state index in [2.05, 4.69) is 20.6 Å². The minimum Gasteiger partial charge on any atom is -0.494 e. The van der Waals surface area contributed by atoms with Crippen molar-refractivity contribution in [3.8, 4) is 11.5 Å². The van der Waals surface area contributed by atoms with Gasteiger partial charge in [0.05, 0.1) is 30.8 Å². The van der Waals surface area contributed by atoms with E-state index in [9.17, 15) is 9.59 Å². The topological polar surface area (TPSA) is 187 Å². The number of anilines is 5. The average molecular weight is 568 g/mol. The molecule has 3 rings (SSSR count). The maximum Gasteiger partial charge on any atom is 0.407 e. The van der Waals surface area contributed by atoms with Crippen molar-refractivity contribution < 1.29 is 28.9 Å². The number of benzene rings is 2. The number of carbonyl (C=O) groups excluding carboxylic acids is 1. The summed E-state index contributed by atoms with van der Waals surface area (Å²) in [6, 6.07) is 14.2. The molecule has 0 unspecified atom stereocenters. The van der Waals surface area contributed by atoms with Crippen LogP contribution in [0.15, 0.2) is 54.7 Å². The Kier molecular flexibility index (Phi) is 10.9. The van der Waals surface area contributed by atoms with Gasteiger partial charge in [-0.25, -0.2) is 15.6 Å². The lowest BCUT2D eigenvalue weighted by Gasteiger charge is -2.20. The number of ether oxygens (including phenoxy) is 3. The van der Waals surface area contributed by atoms with Gasteiger partial charge in [-0.05, 0) is 70.0 Å². The van der Waals surface area contributed by atoms with Crippen molar-refractivity contribution >= 4 is 40.9 Å². The Morgan fingerprint density at radius 1 is 1.02 bits per heavy atom. The van der Waals surface area contributed by atoms with Crippen molar-refractivity contribution in [2.75, 3.05) is 35.8 Å². The Bertz CT molecular complexity index is 1300. The lowest BCUT2D eigenvalue weighted by molar-refractivity contribution is -0.137. The lowest BCUT2D eigenvalue weighted by Crippen LogP contribution is -2.33. The Balaban J connectivity index is 1.54. The first-order valence-corrected chi connectivity index (χ1v) is 13.1. The summed E-state index contributed by atoms with van der Waals surface area (Å²) in [4.78, 5) is 31.1. The number of aliphatic carboxylic acids is 1. The van der Waals surface area contributed by atoms with Crippen LogP contribution < -0.4 is 36.7 Å². The second-order valence-corrected chi connectivity index (χ2v) is 9.97. The van der Waals surface area contributed by atoms with Crippen LogP contribution in [0, 0.1) is 0 Å². The van der Waals surface area contributed by atoms with Crippen molar-refractivity contribution in [2.24, 2.45) is 5.84 Å². The van der Waals surface area contributed by atoms with E-state index in [0.29, 0.717) is 61.3 Å². The molecule has 41 heavy (non-hydrogen) atoms. The number of carbonyl (C=O) groups is 2. The van der Waals surface area contributed by atoms with Crippen molar-refractivity contribution in [2.45, 2.75) is 45.6 Å². The summed E-state index contributed by atoms with van der Waals surface area (Å²) in [6.45, 7) is 6.55. The van der Waals surface area contributed by atoms with Crippen molar-refractivity contribution in [3.63, 3.8) is 0 Å². The third-order valence-corrected chi connectivity index (χ3v) is 5.29. The van der Waals surface area contributed by atoms with Crippen LogP contribution in [0.4, 0.5) is 33.6 Å². The molecule has 0 radical (unpaired) electrons. The van der Waals surface area contributed by atoms with Gasteiger partial charge in [0.2, 0.25) is 5.95 Å². The van der Waals surface area contributed by atoms with Crippen LogP contribution in [0.2, 0.25) is 0 Å². The SMILES string of the molecule is CC(C)(C)OC(=O)NCCCOc1cccc(Nc2ncc(N)c(N(N)c3ccc(OCCCC(=O)O)cc3)n2)c1. The number of nitrogen functional groups attached to an aromatic ring is 1. The molecule has 0 aliphatic carbocycles. The number of amides is 1. The summed E-state index contributed by atoms with van der Waals surface area (Å²) in [5.74, 6) is 7.25. The van der Waals surface area contributed by atoms with Gasteiger partial charge in [-0.15, -0.1) is 0 Å². The number of nitrogens with one attached hydrogen (secondary N) is 2. The molecular weight excluding hydrogens is 530 g/mol. The second-order valence-electron chi connectivity index (χ2n) is 9.97. The highest BCUT2D eigenvalue weighted by atomic mass is 16.6. The second kappa shape index (κ2) is 14.6. The molecule has 13 heteroatoms. The van der Waals surface area contributed by atoms with E-state index in [1.807, 2.05) is 39.0 Å². The molecule has 7 N–H and O–H groups in total. The van der Waals surface area contributed by atoms with E-state index in [1.54, 1.807) is 30.3 Å². The number of nitrogens with two attached hydrogens (primary N) is 2. The standard InChI is InChI=1S/C28H37N7O6/c1-28(2,3)41-27(38)31-14-6-16-40-22-8-4-7-19(17-22)33-26-32-18-23(29)25(34-26)35(30)20-10-12-21(13-11-20)39-15-5-9-24(36)37/h4,7-8,10-13,17-18H,5-6,9,14-16,29-30H2,1-3H3,(H,31,38)(H,36,37)(H,32,33,34). The Morgan fingerprint density at radius 2 is 1.73 bits per heavy atom. The molecule has 3 aromatic rings. The first-order valence-electron chi connectivity index (χ1n) is 13.1. The van der Waals surface area contributed by atoms with Crippen LogP contribution in [0.1, 0.15) is 40.0 Å². The van der Waals surface area contributed by atoms with E-state index in [1.165, 1.54) is 11.2 Å². The number of hydrogen-bond acceptors (Lipinski definition) is 11. The van der Waals surface area contributed by atoms with Crippen LogP contribution in [0.3, 0.4) is 0 Å². The van der Waals surface area contributed by atoms with Gasteiger partial charge >= 0.3 is 12.1 Å². The van der Waals surface area contributed by atoms with Gasteiger partial charge in [-0.2, -0.15) is 4.98 Å². The van der Waals surface area contributed by atoms with Crippen molar-refractivity contribution in [1.82, 2.24) is 15.3 Å². The van der Waals surface area contributed by atoms with Crippen LogP contribution in [0.25, 0.3) is 0 Å². The summed E-state index contributed by atoms with van der Waals surface area (Å²) < 4.78 is 16.6. The van der Waals surface area contributed by atoms with Crippen LogP contribution in [0.5, 0.6) is 11.5 Å². The molecule has 13 nitrogen and oxygen atoms in total. The molecule has 0 atom stereocenters. The van der Waals surface area contributed by atoms with E-state index >= 15 is 0 Å². The molecule has 1 amide bonds. The normalized spacial score (nSPS) is 10.9. The van der Waals surface area contributed by atoms with Crippen molar-refractivity contribution in [1.29, 1.82) is 0 Å². The van der Waals surface area contributed by atoms with E-state index in [4.69, 9.17) is 30.9 Å². The smallest absolute Gasteiger partial charge is 0.407 e. The zero-order chi connectivity index (χ0) is 29.8. The summed E-state index contributed by atoms with van der Waals surface area (Å²) in [5, 5.41) is 15.9. The van der Waals surface area contributed by atoms with Gasteiger partial charge in [-0.1, -0.05) is 6.07 Å². The van der Waals surface area contributed by atoms with Gasteiger partial charge in [0.15, 0.2) is 5.82 Å². The molecule has 0 spiro atoms. The summed E-state index contributed by atoms with van der Waals surface area (Å²) in [7, 11) is 0. The zero-order valence-electron chi connectivity index (χ0n) is 23.4. The first-order chi connectivity index (χ1) is 19.5. The van der Waals surface area contributed by atoms with E-state index in [0.717, 1.165) is 0 Å². The van der Waals surface area contributed by atoms with Crippen LogP contribution >= 0.6 is 0 Å². The highest BCUT2D eigenvalue weighted by molar-refractivity contribution is 5.71. The number of alkyl carbamates (subject to hydrolysis) is 1. The Hall–Kier alpha value is -4.78. The van der Waals surface area contributed by atoms with Crippen LogP contribution in [-0.4, -0.2) is 52.5 Å². The van der Waals surface area contributed by atoms with Gasteiger partial charge < -0.3 is 35.7 Å². The average Bonchev–Trinajstić information content (AvgIpc) is 2.91.